The molecule has 1 aromatic heterocycles. The maximum Gasteiger partial charge on any atom is 0.358 e. The lowest BCUT2D eigenvalue weighted by atomic mass is 10.3. The van der Waals surface area contributed by atoms with E-state index in [2.05, 4.69) is 20.0 Å². The zero-order valence-corrected chi connectivity index (χ0v) is 11.7. The summed E-state index contributed by atoms with van der Waals surface area (Å²) in [4.78, 5) is 19.6. The van der Waals surface area contributed by atoms with Gasteiger partial charge < -0.3 is 10.1 Å². The highest BCUT2D eigenvalue weighted by Crippen LogP contribution is 2.32. The number of nitrogens with zero attached hydrogens (tertiary/aromatic N) is 2. The van der Waals surface area contributed by atoms with E-state index in [-0.39, 0.29) is 11.5 Å². The van der Waals surface area contributed by atoms with Crippen LogP contribution >= 0.6 is 11.8 Å². The maximum absolute atomic E-state index is 12.5. The van der Waals surface area contributed by atoms with E-state index in [1.807, 2.05) is 0 Å². The molecule has 1 heterocycles. The SMILES string of the molecule is COC(=O)c1cncc(Nc2ccccc2SC(F)F)n1. The van der Waals surface area contributed by atoms with Crippen molar-refractivity contribution in [3.63, 3.8) is 0 Å². The van der Waals surface area contributed by atoms with Gasteiger partial charge >= 0.3 is 5.97 Å². The van der Waals surface area contributed by atoms with Crippen LogP contribution in [-0.2, 0) is 4.74 Å². The highest BCUT2D eigenvalue weighted by atomic mass is 32.2. The average Bonchev–Trinajstić information content (AvgIpc) is 2.48. The molecule has 0 bridgehead atoms. The number of thioether (sulfide) groups is 1. The van der Waals surface area contributed by atoms with Crippen molar-refractivity contribution in [2.24, 2.45) is 0 Å². The molecule has 2 aromatic rings. The van der Waals surface area contributed by atoms with Crippen LogP contribution in [0, 0.1) is 0 Å². The van der Waals surface area contributed by atoms with Crippen LogP contribution in [-0.4, -0.2) is 28.8 Å². The molecule has 0 atom stereocenters. The smallest absolute Gasteiger partial charge is 0.358 e. The molecule has 0 spiro atoms. The summed E-state index contributed by atoms with van der Waals surface area (Å²) in [7, 11) is 1.23. The van der Waals surface area contributed by atoms with Crippen LogP contribution in [0.2, 0.25) is 0 Å². The van der Waals surface area contributed by atoms with Gasteiger partial charge in [0.05, 0.1) is 25.2 Å². The molecule has 0 amide bonds. The van der Waals surface area contributed by atoms with Gasteiger partial charge in [0.1, 0.15) is 5.82 Å². The van der Waals surface area contributed by atoms with Crippen LogP contribution in [0.25, 0.3) is 0 Å². The molecule has 0 aliphatic heterocycles. The van der Waals surface area contributed by atoms with E-state index in [9.17, 15) is 13.6 Å². The van der Waals surface area contributed by atoms with E-state index >= 15 is 0 Å². The van der Waals surface area contributed by atoms with Gasteiger partial charge in [0.25, 0.3) is 5.76 Å². The van der Waals surface area contributed by atoms with Gasteiger partial charge in [-0.15, -0.1) is 0 Å². The molecule has 0 radical (unpaired) electrons. The second-order valence-corrected chi connectivity index (χ2v) is 4.81. The summed E-state index contributed by atoms with van der Waals surface area (Å²) in [6.45, 7) is 0. The Kier molecular flexibility index (Phi) is 5.04. The fourth-order valence-electron chi connectivity index (χ4n) is 1.54. The maximum atomic E-state index is 12.5. The summed E-state index contributed by atoms with van der Waals surface area (Å²) in [6.07, 6.45) is 2.65. The summed E-state index contributed by atoms with van der Waals surface area (Å²) < 4.78 is 29.5. The van der Waals surface area contributed by atoms with E-state index in [0.29, 0.717) is 22.3 Å². The van der Waals surface area contributed by atoms with Crippen molar-refractivity contribution in [1.82, 2.24) is 9.97 Å². The molecule has 21 heavy (non-hydrogen) atoms. The second kappa shape index (κ2) is 6.98. The minimum atomic E-state index is -2.53. The van der Waals surface area contributed by atoms with Crippen molar-refractivity contribution in [2.75, 3.05) is 12.4 Å². The quantitative estimate of drug-likeness (QED) is 0.675. The molecule has 8 heteroatoms. The van der Waals surface area contributed by atoms with Crippen molar-refractivity contribution in [3.8, 4) is 0 Å². The molecule has 0 fully saturated rings. The molecule has 0 aliphatic rings. The monoisotopic (exact) mass is 311 g/mol. The standard InChI is InChI=1S/C13H11F2N3O2S/c1-20-12(19)9-6-16-7-11(18-9)17-8-4-2-3-5-10(8)21-13(14)15/h2-7,13H,1H3,(H,17,18). The highest BCUT2D eigenvalue weighted by Gasteiger charge is 2.12. The van der Waals surface area contributed by atoms with Crippen molar-refractivity contribution in [3.05, 3.63) is 42.4 Å². The number of benzene rings is 1. The molecule has 0 saturated heterocycles. The first kappa shape index (κ1) is 15.2. The number of anilines is 2. The number of ether oxygens (including phenoxy) is 1. The van der Waals surface area contributed by atoms with Crippen LogP contribution in [0.3, 0.4) is 0 Å². The predicted molar refractivity (Wildman–Crippen MR) is 75.0 cm³/mol. The van der Waals surface area contributed by atoms with Gasteiger partial charge in [-0.1, -0.05) is 23.9 Å². The Morgan fingerprint density at radius 2 is 2.10 bits per heavy atom. The van der Waals surface area contributed by atoms with Gasteiger partial charge in [-0.25, -0.2) is 9.78 Å². The number of hydrogen-bond donors (Lipinski definition) is 1. The van der Waals surface area contributed by atoms with Gasteiger partial charge in [-0.2, -0.15) is 8.78 Å². The topological polar surface area (TPSA) is 64.1 Å². The fourth-order valence-corrected chi connectivity index (χ4v) is 2.13. The number of esters is 1. The summed E-state index contributed by atoms with van der Waals surface area (Å²) in [5.41, 5.74) is 0.487. The Labute approximate surface area is 123 Å². The van der Waals surface area contributed by atoms with Gasteiger partial charge in [0, 0.05) is 4.90 Å². The first-order valence-corrected chi connectivity index (χ1v) is 6.69. The lowest BCUT2D eigenvalue weighted by Gasteiger charge is -2.10. The predicted octanol–water partition coefficient (Wildman–Crippen LogP) is 3.32. The van der Waals surface area contributed by atoms with Crippen LogP contribution in [0.15, 0.2) is 41.6 Å². The number of carbonyl (C=O) groups excluding carboxylic acids is 1. The molecule has 0 aliphatic carbocycles. The molecule has 110 valence electrons. The van der Waals surface area contributed by atoms with Crippen molar-refractivity contribution in [1.29, 1.82) is 0 Å². The molecule has 1 aromatic carbocycles. The van der Waals surface area contributed by atoms with E-state index in [0.717, 1.165) is 0 Å². The van der Waals surface area contributed by atoms with Gasteiger partial charge in [-0.3, -0.25) is 4.98 Å². The number of halogens is 2. The lowest BCUT2D eigenvalue weighted by Crippen LogP contribution is -2.07. The Morgan fingerprint density at radius 1 is 1.33 bits per heavy atom. The van der Waals surface area contributed by atoms with Crippen LogP contribution in [0.4, 0.5) is 20.3 Å². The highest BCUT2D eigenvalue weighted by molar-refractivity contribution is 7.99. The molecule has 0 saturated carbocycles. The third-order valence-electron chi connectivity index (χ3n) is 2.39. The van der Waals surface area contributed by atoms with E-state index in [1.165, 1.54) is 19.5 Å². The zero-order valence-electron chi connectivity index (χ0n) is 10.9. The molecule has 2 rings (SSSR count). The van der Waals surface area contributed by atoms with Crippen LogP contribution in [0.1, 0.15) is 10.5 Å². The summed E-state index contributed by atoms with van der Waals surface area (Å²) in [5.74, 6) is -2.89. The third kappa shape index (κ3) is 4.12. The first-order valence-electron chi connectivity index (χ1n) is 5.81. The molecule has 5 nitrogen and oxygen atoms in total. The largest absolute Gasteiger partial charge is 0.464 e. The van der Waals surface area contributed by atoms with E-state index in [4.69, 9.17) is 0 Å². The number of rotatable bonds is 5. The van der Waals surface area contributed by atoms with E-state index in [1.54, 1.807) is 24.3 Å². The number of nitrogens with one attached hydrogen (secondary N) is 1. The molecule has 0 unspecified atom stereocenters. The first-order chi connectivity index (χ1) is 10.1. The number of para-hydroxylation sites is 1. The Hall–Kier alpha value is -2.22. The Bertz CT molecular complexity index is 640. The number of carbonyl (C=O) groups is 1. The third-order valence-corrected chi connectivity index (χ3v) is 3.18. The summed E-state index contributed by atoms with van der Waals surface area (Å²) in [5, 5.41) is 2.86. The van der Waals surface area contributed by atoms with Gasteiger partial charge in [-0.05, 0) is 12.1 Å². The zero-order chi connectivity index (χ0) is 15.2. The summed E-state index contributed by atoms with van der Waals surface area (Å²) >= 11 is 0.424. The molecular weight excluding hydrogens is 300 g/mol. The Morgan fingerprint density at radius 3 is 2.81 bits per heavy atom. The van der Waals surface area contributed by atoms with Gasteiger partial charge in [0.15, 0.2) is 5.69 Å². The normalized spacial score (nSPS) is 10.5. The fraction of sp³-hybridized carbons (Fsp3) is 0.154. The molecule has 1 N–H and O–H groups in total. The molecular formula is C13H11F2N3O2S. The van der Waals surface area contributed by atoms with Crippen molar-refractivity contribution >= 4 is 29.2 Å². The van der Waals surface area contributed by atoms with Gasteiger partial charge in [0.2, 0.25) is 0 Å². The number of aromatic nitrogens is 2. The summed E-state index contributed by atoms with van der Waals surface area (Å²) in [6, 6.07) is 6.57. The second-order valence-electron chi connectivity index (χ2n) is 3.78. The van der Waals surface area contributed by atoms with Crippen LogP contribution < -0.4 is 5.32 Å². The Balaban J connectivity index is 2.24. The number of hydrogen-bond acceptors (Lipinski definition) is 6. The minimum absolute atomic E-state index is 0.0292. The number of methoxy groups -OCH3 is 1. The van der Waals surface area contributed by atoms with Crippen LogP contribution in [0.5, 0.6) is 0 Å². The van der Waals surface area contributed by atoms with Crippen molar-refractivity contribution in [2.45, 2.75) is 10.7 Å². The lowest BCUT2D eigenvalue weighted by molar-refractivity contribution is 0.0593. The van der Waals surface area contributed by atoms with Crippen molar-refractivity contribution < 1.29 is 18.3 Å². The average molecular weight is 311 g/mol. The minimum Gasteiger partial charge on any atom is -0.464 e. The van der Waals surface area contributed by atoms with E-state index < -0.39 is 11.7 Å². The number of alkyl halides is 2.